The molecule has 3 amide bonds. The van der Waals surface area contributed by atoms with Gasteiger partial charge in [-0.3, -0.25) is 14.4 Å². The smallest absolute Gasteiger partial charge is 0.248 e. The Morgan fingerprint density at radius 3 is 2.61 bits per heavy atom. The Balaban J connectivity index is 1.41. The molecule has 2 aromatic rings. The van der Waals surface area contributed by atoms with Crippen LogP contribution < -0.4 is 15.4 Å². The van der Waals surface area contributed by atoms with Gasteiger partial charge in [-0.2, -0.15) is 0 Å². The van der Waals surface area contributed by atoms with Gasteiger partial charge in [0.25, 0.3) is 0 Å². The molecule has 2 aromatic carbocycles. The number of carbonyl (C=O) groups is 3. The summed E-state index contributed by atoms with van der Waals surface area (Å²) in [4.78, 5) is 42.2. The van der Waals surface area contributed by atoms with E-state index < -0.39 is 22.6 Å². The second kappa shape index (κ2) is 9.95. The minimum atomic E-state index is -0.809. The molecule has 0 aromatic heterocycles. The summed E-state index contributed by atoms with van der Waals surface area (Å²) in [7, 11) is 0. The Morgan fingerprint density at radius 2 is 1.92 bits per heavy atom. The number of rotatable bonds is 8. The first-order valence-electron chi connectivity index (χ1n) is 12.1. The number of aliphatic hydroxyl groups excluding tert-OH is 1. The van der Waals surface area contributed by atoms with Crippen molar-refractivity contribution < 1.29 is 24.2 Å². The predicted molar refractivity (Wildman–Crippen MR) is 139 cm³/mol. The molecule has 3 aliphatic rings. The van der Waals surface area contributed by atoms with Crippen molar-refractivity contribution in [2.45, 2.75) is 35.8 Å². The van der Waals surface area contributed by atoms with Gasteiger partial charge in [-0.15, -0.1) is 11.8 Å². The fourth-order valence-corrected chi connectivity index (χ4v) is 8.30. The van der Waals surface area contributed by atoms with Gasteiger partial charge in [0.1, 0.15) is 11.8 Å². The van der Waals surface area contributed by atoms with Gasteiger partial charge in [0.15, 0.2) is 0 Å². The number of ether oxygens (including phenoxy) is 1. The van der Waals surface area contributed by atoms with Crippen LogP contribution in [0.4, 0.5) is 11.4 Å². The molecule has 190 valence electrons. The van der Waals surface area contributed by atoms with Crippen molar-refractivity contribution in [3.05, 3.63) is 53.6 Å². The maximum atomic E-state index is 13.7. The fraction of sp³-hybridized carbons (Fsp3) is 0.423. The molecule has 3 saturated heterocycles. The van der Waals surface area contributed by atoms with E-state index in [-0.39, 0.29) is 36.1 Å². The van der Waals surface area contributed by atoms with Gasteiger partial charge in [0.05, 0.1) is 40.5 Å². The largest absolute Gasteiger partial charge is 0.494 e. The number of halogens is 1. The van der Waals surface area contributed by atoms with Gasteiger partial charge in [0, 0.05) is 17.5 Å². The van der Waals surface area contributed by atoms with Gasteiger partial charge in [-0.1, -0.05) is 23.7 Å². The second-order valence-electron chi connectivity index (χ2n) is 9.23. The highest BCUT2D eigenvalue weighted by Gasteiger charge is 2.73. The lowest BCUT2D eigenvalue weighted by molar-refractivity contribution is -0.138. The highest BCUT2D eigenvalue weighted by molar-refractivity contribution is 8.02. The van der Waals surface area contributed by atoms with Crippen LogP contribution in [0, 0.1) is 11.8 Å². The van der Waals surface area contributed by atoms with Crippen LogP contribution in [0.3, 0.4) is 0 Å². The summed E-state index contributed by atoms with van der Waals surface area (Å²) in [5.74, 6) is -1.34. The molecule has 10 heteroatoms. The zero-order chi connectivity index (χ0) is 25.4. The number of para-hydroxylation sites is 1. The van der Waals surface area contributed by atoms with Gasteiger partial charge >= 0.3 is 0 Å². The van der Waals surface area contributed by atoms with Gasteiger partial charge in [-0.05, 0) is 56.2 Å². The van der Waals surface area contributed by atoms with Crippen LogP contribution in [-0.2, 0) is 14.4 Å². The van der Waals surface area contributed by atoms with Crippen molar-refractivity contribution in [2.24, 2.45) is 11.8 Å². The maximum absolute atomic E-state index is 13.7. The number of anilines is 2. The van der Waals surface area contributed by atoms with E-state index in [1.807, 2.05) is 6.92 Å². The second-order valence-corrected chi connectivity index (χ2v) is 11.2. The Bertz CT molecular complexity index is 1180. The van der Waals surface area contributed by atoms with E-state index in [4.69, 9.17) is 16.3 Å². The molecule has 5 atom stereocenters. The molecule has 3 aliphatic heterocycles. The monoisotopic (exact) mass is 529 g/mol. The number of amides is 3. The summed E-state index contributed by atoms with van der Waals surface area (Å²) in [6.45, 7) is 2.20. The van der Waals surface area contributed by atoms with E-state index in [9.17, 15) is 19.5 Å². The summed E-state index contributed by atoms with van der Waals surface area (Å²) >= 11 is 7.83. The quantitative estimate of drug-likeness (QED) is 0.484. The van der Waals surface area contributed by atoms with Gasteiger partial charge in [-0.25, -0.2) is 0 Å². The minimum absolute atomic E-state index is 0.0240. The number of carbonyl (C=O) groups excluding carboxylic acids is 3. The normalized spacial score (nSPS) is 28.2. The lowest BCUT2D eigenvalue weighted by Gasteiger charge is -2.34. The van der Waals surface area contributed by atoms with E-state index in [2.05, 4.69) is 10.6 Å². The Hall–Kier alpha value is -2.75. The average molecular weight is 530 g/mol. The number of fused-ring (bicyclic) bond motifs is 1. The molecule has 3 N–H and O–H groups in total. The predicted octanol–water partition coefficient (Wildman–Crippen LogP) is 3.40. The third-order valence-electron chi connectivity index (χ3n) is 7.26. The van der Waals surface area contributed by atoms with E-state index in [1.54, 1.807) is 60.3 Å². The van der Waals surface area contributed by atoms with Crippen molar-refractivity contribution in [1.29, 1.82) is 0 Å². The molecule has 0 saturated carbocycles. The number of likely N-dealkylation sites (tertiary alicyclic amines) is 1. The fourth-order valence-electron chi connectivity index (χ4n) is 5.89. The van der Waals surface area contributed by atoms with E-state index in [0.29, 0.717) is 35.2 Å². The molecule has 3 heterocycles. The molecule has 36 heavy (non-hydrogen) atoms. The first-order chi connectivity index (χ1) is 17.4. The van der Waals surface area contributed by atoms with Crippen molar-refractivity contribution in [3.63, 3.8) is 0 Å². The highest BCUT2D eigenvalue weighted by Crippen LogP contribution is 2.66. The van der Waals surface area contributed by atoms with Crippen molar-refractivity contribution >= 4 is 52.5 Å². The number of nitrogens with zero attached hydrogens (tertiary/aromatic N) is 1. The summed E-state index contributed by atoms with van der Waals surface area (Å²) in [5.41, 5.74) is 1.08. The maximum Gasteiger partial charge on any atom is 0.248 e. The molecule has 3 fully saturated rings. The SMILES string of the molecule is CCOc1ccc(NC(=O)[C@@H]2[C@@H]3CCC4(S3)C(C(=O)Nc3ccccc3Cl)N(CCO)C(=O)[C@H]24)cc1. The van der Waals surface area contributed by atoms with E-state index in [1.165, 1.54) is 4.90 Å². The third kappa shape index (κ3) is 4.13. The summed E-state index contributed by atoms with van der Waals surface area (Å²) < 4.78 is 4.73. The highest BCUT2D eigenvalue weighted by atomic mass is 35.5. The first kappa shape index (κ1) is 24.9. The number of nitrogens with one attached hydrogen (secondary N) is 2. The van der Waals surface area contributed by atoms with Crippen LogP contribution in [0.25, 0.3) is 0 Å². The molecule has 8 nitrogen and oxygen atoms in total. The van der Waals surface area contributed by atoms with Gasteiger partial charge in [0.2, 0.25) is 17.7 Å². The number of hydrogen-bond acceptors (Lipinski definition) is 6. The molecular weight excluding hydrogens is 502 g/mol. The Kier molecular flexibility index (Phi) is 6.89. The van der Waals surface area contributed by atoms with Crippen molar-refractivity contribution in [2.75, 3.05) is 30.4 Å². The lowest BCUT2D eigenvalue weighted by Crippen LogP contribution is -2.52. The average Bonchev–Trinajstić information content (AvgIpc) is 3.50. The van der Waals surface area contributed by atoms with Crippen LogP contribution in [0.5, 0.6) is 5.75 Å². The lowest BCUT2D eigenvalue weighted by atomic mass is 9.70. The Morgan fingerprint density at radius 1 is 1.17 bits per heavy atom. The minimum Gasteiger partial charge on any atom is -0.494 e. The number of hydrogen-bond donors (Lipinski definition) is 3. The molecule has 0 radical (unpaired) electrons. The molecule has 2 bridgehead atoms. The number of β-amino-alcohol motifs (C(OH)–C–C–N with tert-alkyl or cyclic N) is 1. The number of benzene rings is 2. The van der Waals surface area contributed by atoms with Crippen molar-refractivity contribution in [1.82, 2.24) is 4.90 Å². The third-order valence-corrected chi connectivity index (χ3v) is 9.54. The number of thioether (sulfide) groups is 1. The van der Waals surface area contributed by atoms with Crippen LogP contribution in [0.15, 0.2) is 48.5 Å². The van der Waals surface area contributed by atoms with Gasteiger partial charge < -0.3 is 25.4 Å². The zero-order valence-corrected chi connectivity index (χ0v) is 21.3. The molecule has 2 unspecified atom stereocenters. The zero-order valence-electron chi connectivity index (χ0n) is 19.8. The molecular formula is C26H28ClN3O5S. The first-order valence-corrected chi connectivity index (χ1v) is 13.3. The molecule has 0 aliphatic carbocycles. The van der Waals surface area contributed by atoms with Crippen LogP contribution in [0.2, 0.25) is 5.02 Å². The topological polar surface area (TPSA) is 108 Å². The summed E-state index contributed by atoms with van der Waals surface area (Å²) in [6.07, 6.45) is 1.38. The number of aliphatic hydroxyl groups is 1. The molecule has 1 spiro atoms. The van der Waals surface area contributed by atoms with Crippen molar-refractivity contribution in [3.8, 4) is 5.75 Å². The van der Waals surface area contributed by atoms with Crippen LogP contribution >= 0.6 is 23.4 Å². The summed E-state index contributed by atoms with van der Waals surface area (Å²) in [5, 5.41) is 15.9. The Labute approximate surface area is 218 Å². The molecule has 5 rings (SSSR count). The van der Waals surface area contributed by atoms with Crippen LogP contribution in [-0.4, -0.2) is 63.5 Å². The standard InChI is InChI=1S/C26H28ClN3O5S/c1-2-35-16-9-7-15(8-10-16)28-23(32)20-19-11-12-26(36-19)21(20)25(34)30(13-14-31)22(26)24(33)29-18-6-4-3-5-17(18)27/h3-10,19-22,31H,2,11-14H2,1H3,(H,28,32)(H,29,33)/t19-,20+,21-,22?,26?/m0/s1. The summed E-state index contributed by atoms with van der Waals surface area (Å²) in [6, 6.07) is 13.2. The van der Waals surface area contributed by atoms with E-state index in [0.717, 1.165) is 6.42 Å². The van der Waals surface area contributed by atoms with Crippen LogP contribution in [0.1, 0.15) is 19.8 Å². The van der Waals surface area contributed by atoms with E-state index >= 15 is 0 Å².